The number of nitrogens with zero attached hydrogens (tertiary/aromatic N) is 2. The molecule has 6 heteroatoms. The molecule has 1 unspecified atom stereocenters. The van der Waals surface area contributed by atoms with Crippen molar-refractivity contribution < 1.29 is 13.6 Å². The van der Waals surface area contributed by atoms with E-state index in [-0.39, 0.29) is 11.7 Å². The van der Waals surface area contributed by atoms with E-state index in [1.54, 1.807) is 0 Å². The molecule has 0 saturated carbocycles. The normalized spacial score (nSPS) is 23.1. The number of aryl methyl sites for hydroxylation is 1. The van der Waals surface area contributed by atoms with Gasteiger partial charge in [-0.25, -0.2) is 12.7 Å². The summed E-state index contributed by atoms with van der Waals surface area (Å²) in [5.41, 5.74) is 1.71. The summed E-state index contributed by atoms with van der Waals surface area (Å²) in [6.07, 6.45) is 1.03. The highest BCUT2D eigenvalue weighted by molar-refractivity contribution is 7.89. The van der Waals surface area contributed by atoms with Gasteiger partial charge in [0.15, 0.2) is 0 Å². The molecule has 20 heavy (non-hydrogen) atoms. The first-order valence-electron chi connectivity index (χ1n) is 6.75. The van der Waals surface area contributed by atoms with Crippen LogP contribution in [0.25, 0.3) is 0 Å². The SMILES string of the molecule is CC1CN(S(=O)(=O)CCc2ccccc2)CC/C1=N\O. The number of sulfonamides is 1. The summed E-state index contributed by atoms with van der Waals surface area (Å²) in [4.78, 5) is 0. The Kier molecular flexibility index (Phi) is 4.77. The molecule has 1 aromatic carbocycles. The third kappa shape index (κ3) is 3.58. The van der Waals surface area contributed by atoms with Crippen molar-refractivity contribution in [2.45, 2.75) is 19.8 Å². The fourth-order valence-electron chi connectivity index (χ4n) is 2.41. The number of hydrogen-bond donors (Lipinski definition) is 1. The van der Waals surface area contributed by atoms with Crippen LogP contribution in [0.5, 0.6) is 0 Å². The molecule has 0 aromatic heterocycles. The standard InChI is InChI=1S/C14H20N2O3S/c1-12-11-16(9-7-14(12)15-17)20(18,19)10-8-13-5-3-2-4-6-13/h2-6,12,17H,7-11H2,1H3/b15-14+. The highest BCUT2D eigenvalue weighted by Crippen LogP contribution is 2.18. The van der Waals surface area contributed by atoms with Crippen molar-refractivity contribution in [2.24, 2.45) is 11.1 Å². The van der Waals surface area contributed by atoms with Gasteiger partial charge in [-0.1, -0.05) is 42.4 Å². The van der Waals surface area contributed by atoms with Gasteiger partial charge >= 0.3 is 0 Å². The maximum atomic E-state index is 12.3. The van der Waals surface area contributed by atoms with Gasteiger partial charge in [-0.15, -0.1) is 0 Å². The largest absolute Gasteiger partial charge is 0.411 e. The fraction of sp³-hybridized carbons (Fsp3) is 0.500. The lowest BCUT2D eigenvalue weighted by Crippen LogP contribution is -2.44. The molecule has 2 rings (SSSR count). The number of hydrogen-bond acceptors (Lipinski definition) is 4. The Labute approximate surface area is 120 Å². The average molecular weight is 296 g/mol. The summed E-state index contributed by atoms with van der Waals surface area (Å²) in [6, 6.07) is 9.61. The molecule has 0 radical (unpaired) electrons. The van der Waals surface area contributed by atoms with Crippen LogP contribution in [0.4, 0.5) is 0 Å². The minimum Gasteiger partial charge on any atom is -0.411 e. The van der Waals surface area contributed by atoms with Gasteiger partial charge in [0, 0.05) is 25.4 Å². The number of rotatable bonds is 4. The lowest BCUT2D eigenvalue weighted by Gasteiger charge is -2.30. The summed E-state index contributed by atoms with van der Waals surface area (Å²) in [5.74, 6) is 0.0928. The molecule has 0 spiro atoms. The van der Waals surface area contributed by atoms with E-state index in [0.29, 0.717) is 31.6 Å². The molecule has 0 amide bonds. The predicted octanol–water partition coefficient (Wildman–Crippen LogP) is 1.73. The van der Waals surface area contributed by atoms with Crippen molar-refractivity contribution in [3.63, 3.8) is 0 Å². The van der Waals surface area contributed by atoms with Crippen molar-refractivity contribution in [1.82, 2.24) is 4.31 Å². The molecule has 1 aliphatic heterocycles. The zero-order valence-corrected chi connectivity index (χ0v) is 12.4. The van der Waals surface area contributed by atoms with Crippen LogP contribution in [0.1, 0.15) is 18.9 Å². The van der Waals surface area contributed by atoms with Gasteiger partial charge in [-0.2, -0.15) is 0 Å². The summed E-state index contributed by atoms with van der Waals surface area (Å²) < 4.78 is 26.2. The molecule has 0 aliphatic carbocycles. The van der Waals surface area contributed by atoms with Gasteiger partial charge in [0.05, 0.1) is 11.5 Å². The van der Waals surface area contributed by atoms with Gasteiger partial charge in [0.2, 0.25) is 10.0 Å². The van der Waals surface area contributed by atoms with E-state index in [0.717, 1.165) is 5.56 Å². The van der Waals surface area contributed by atoms with E-state index < -0.39 is 10.0 Å². The molecule has 110 valence electrons. The van der Waals surface area contributed by atoms with Crippen molar-refractivity contribution in [1.29, 1.82) is 0 Å². The van der Waals surface area contributed by atoms with Gasteiger partial charge in [0.1, 0.15) is 0 Å². The molecule has 1 saturated heterocycles. The quantitative estimate of drug-likeness (QED) is 0.679. The second-order valence-corrected chi connectivity index (χ2v) is 7.24. The number of oxime groups is 1. The Hall–Kier alpha value is -1.40. The second-order valence-electron chi connectivity index (χ2n) is 5.15. The summed E-state index contributed by atoms with van der Waals surface area (Å²) in [6.45, 7) is 2.69. The van der Waals surface area contributed by atoms with Crippen molar-refractivity contribution in [3.05, 3.63) is 35.9 Å². The van der Waals surface area contributed by atoms with Crippen LogP contribution in [0.3, 0.4) is 0 Å². The van der Waals surface area contributed by atoms with Crippen molar-refractivity contribution in [3.8, 4) is 0 Å². The minimum atomic E-state index is -3.25. The van der Waals surface area contributed by atoms with Crippen LogP contribution in [-0.2, 0) is 16.4 Å². The highest BCUT2D eigenvalue weighted by Gasteiger charge is 2.30. The summed E-state index contributed by atoms with van der Waals surface area (Å²) in [7, 11) is -3.25. The fourth-order valence-corrected chi connectivity index (χ4v) is 3.98. The minimum absolute atomic E-state index is 0.0275. The maximum absolute atomic E-state index is 12.3. The van der Waals surface area contributed by atoms with Crippen molar-refractivity contribution >= 4 is 15.7 Å². The summed E-state index contributed by atoms with van der Waals surface area (Å²) >= 11 is 0. The smallest absolute Gasteiger partial charge is 0.214 e. The molecular weight excluding hydrogens is 276 g/mol. The topological polar surface area (TPSA) is 70.0 Å². The second kappa shape index (κ2) is 6.37. The van der Waals surface area contributed by atoms with Crippen LogP contribution < -0.4 is 0 Å². The van der Waals surface area contributed by atoms with Gasteiger partial charge in [0.25, 0.3) is 0 Å². The van der Waals surface area contributed by atoms with E-state index in [1.165, 1.54) is 4.31 Å². The Morgan fingerprint density at radius 2 is 2.05 bits per heavy atom. The van der Waals surface area contributed by atoms with Crippen LogP contribution in [0, 0.1) is 5.92 Å². The van der Waals surface area contributed by atoms with Crippen LogP contribution in [-0.4, -0.2) is 42.5 Å². The Bertz CT molecular complexity index is 569. The van der Waals surface area contributed by atoms with Crippen molar-refractivity contribution in [2.75, 3.05) is 18.8 Å². The zero-order valence-electron chi connectivity index (χ0n) is 11.6. The van der Waals surface area contributed by atoms with E-state index in [9.17, 15) is 8.42 Å². The lowest BCUT2D eigenvalue weighted by atomic mass is 10.00. The van der Waals surface area contributed by atoms with Gasteiger partial charge < -0.3 is 5.21 Å². The van der Waals surface area contributed by atoms with E-state index in [2.05, 4.69) is 5.16 Å². The first kappa shape index (κ1) is 15.0. The molecular formula is C14H20N2O3S. The van der Waals surface area contributed by atoms with E-state index in [1.807, 2.05) is 37.3 Å². The highest BCUT2D eigenvalue weighted by atomic mass is 32.2. The molecule has 1 atom stereocenters. The van der Waals surface area contributed by atoms with Gasteiger partial charge in [-0.3, -0.25) is 0 Å². The molecule has 1 aliphatic rings. The third-order valence-electron chi connectivity index (χ3n) is 3.68. The average Bonchev–Trinajstić information content (AvgIpc) is 2.46. The van der Waals surface area contributed by atoms with E-state index in [4.69, 9.17) is 5.21 Å². The third-order valence-corrected chi connectivity index (χ3v) is 5.52. The summed E-state index contributed by atoms with van der Waals surface area (Å²) in [5, 5.41) is 12.1. The van der Waals surface area contributed by atoms with Crippen LogP contribution in [0.2, 0.25) is 0 Å². The monoisotopic (exact) mass is 296 g/mol. The zero-order chi connectivity index (χ0) is 14.6. The molecule has 1 heterocycles. The van der Waals surface area contributed by atoms with Crippen LogP contribution >= 0.6 is 0 Å². The molecule has 0 bridgehead atoms. The maximum Gasteiger partial charge on any atom is 0.214 e. The Morgan fingerprint density at radius 3 is 2.65 bits per heavy atom. The Balaban J connectivity index is 1.97. The number of piperidine rings is 1. The molecule has 1 aromatic rings. The van der Waals surface area contributed by atoms with Gasteiger partial charge in [-0.05, 0) is 12.0 Å². The first-order valence-corrected chi connectivity index (χ1v) is 8.36. The lowest BCUT2D eigenvalue weighted by molar-refractivity contribution is 0.300. The first-order chi connectivity index (χ1) is 9.53. The molecule has 1 fully saturated rings. The number of benzene rings is 1. The molecule has 5 nitrogen and oxygen atoms in total. The van der Waals surface area contributed by atoms with E-state index >= 15 is 0 Å². The molecule has 1 N–H and O–H groups in total. The predicted molar refractivity (Wildman–Crippen MR) is 78.5 cm³/mol. The Morgan fingerprint density at radius 1 is 1.35 bits per heavy atom. The van der Waals surface area contributed by atoms with Crippen LogP contribution in [0.15, 0.2) is 35.5 Å².